The van der Waals surface area contributed by atoms with Gasteiger partial charge in [0.25, 0.3) is 0 Å². The Hall–Kier alpha value is -1.86. The largest absolute Gasteiger partial charge is 0.463 e. The van der Waals surface area contributed by atoms with Crippen LogP contribution in [-0.4, -0.2) is 25.5 Å². The summed E-state index contributed by atoms with van der Waals surface area (Å²) in [6.45, 7) is 2.26. The lowest BCUT2D eigenvalue weighted by molar-refractivity contribution is -0.137. The summed E-state index contributed by atoms with van der Waals surface area (Å²) in [7, 11) is -4.52. The molecule has 7 heteroatoms. The summed E-state index contributed by atoms with van der Waals surface area (Å²) in [5, 5.41) is 0. The molecule has 0 bridgehead atoms. The van der Waals surface area contributed by atoms with Crippen molar-refractivity contribution in [3.8, 4) is 5.75 Å². The van der Waals surface area contributed by atoms with E-state index in [1.165, 1.54) is 36.4 Å². The van der Waals surface area contributed by atoms with Gasteiger partial charge in [0.2, 0.25) is 0 Å². The lowest BCUT2D eigenvalue weighted by Crippen LogP contribution is -2.06. The van der Waals surface area contributed by atoms with Crippen LogP contribution in [-0.2, 0) is 19.9 Å². The summed E-state index contributed by atoms with van der Waals surface area (Å²) >= 11 is 0. The fourth-order valence-corrected chi connectivity index (χ4v) is 1.53. The lowest BCUT2D eigenvalue weighted by atomic mass is 10.2. The van der Waals surface area contributed by atoms with E-state index >= 15 is 0 Å². The van der Waals surface area contributed by atoms with Crippen molar-refractivity contribution in [2.75, 3.05) is 6.61 Å². The maximum Gasteiger partial charge on any atom is 0.446 e. The number of benzene rings is 1. The highest BCUT2D eigenvalue weighted by Gasteiger charge is 2.05. The average Bonchev–Trinajstić information content (AvgIpc) is 2.33. The molecule has 1 N–H and O–H groups in total. The van der Waals surface area contributed by atoms with Gasteiger partial charge in [-0.1, -0.05) is 19.1 Å². The highest BCUT2D eigenvalue weighted by atomic mass is 32.3. The quantitative estimate of drug-likeness (QED) is 0.487. The van der Waals surface area contributed by atoms with E-state index in [4.69, 9.17) is 9.29 Å². The van der Waals surface area contributed by atoms with Crippen molar-refractivity contribution in [1.82, 2.24) is 0 Å². The predicted molar refractivity (Wildman–Crippen MR) is 68.9 cm³/mol. The van der Waals surface area contributed by atoms with Gasteiger partial charge in [-0.05, 0) is 30.2 Å². The van der Waals surface area contributed by atoms with E-state index in [2.05, 4.69) is 4.18 Å². The minimum atomic E-state index is -4.52. The minimum Gasteiger partial charge on any atom is -0.463 e. The molecule has 0 aliphatic heterocycles. The van der Waals surface area contributed by atoms with E-state index in [0.717, 1.165) is 6.42 Å². The summed E-state index contributed by atoms with van der Waals surface area (Å²) in [4.78, 5) is 11.2. The van der Waals surface area contributed by atoms with Crippen LogP contribution in [0, 0.1) is 0 Å². The van der Waals surface area contributed by atoms with Gasteiger partial charge in [-0.2, -0.15) is 8.42 Å². The van der Waals surface area contributed by atoms with Crippen LogP contribution in [0.25, 0.3) is 6.08 Å². The fourth-order valence-electron chi connectivity index (χ4n) is 1.17. The molecule has 0 amide bonds. The zero-order chi connectivity index (χ0) is 14.3. The molecule has 19 heavy (non-hydrogen) atoms. The van der Waals surface area contributed by atoms with Gasteiger partial charge in [-0.25, -0.2) is 4.79 Å². The first kappa shape index (κ1) is 15.2. The molecular formula is C12H14O6S. The van der Waals surface area contributed by atoms with E-state index in [0.29, 0.717) is 12.2 Å². The second-order valence-corrected chi connectivity index (χ2v) is 4.60. The molecule has 0 unspecified atom stereocenters. The van der Waals surface area contributed by atoms with Crippen molar-refractivity contribution in [3.63, 3.8) is 0 Å². The maximum absolute atomic E-state index is 11.2. The Morgan fingerprint density at radius 1 is 1.32 bits per heavy atom. The second kappa shape index (κ2) is 6.91. The van der Waals surface area contributed by atoms with Gasteiger partial charge in [-0.15, -0.1) is 0 Å². The van der Waals surface area contributed by atoms with Gasteiger partial charge in [0.1, 0.15) is 5.75 Å². The number of hydrogen-bond donors (Lipinski definition) is 1. The van der Waals surface area contributed by atoms with Crippen molar-refractivity contribution in [3.05, 3.63) is 35.9 Å². The van der Waals surface area contributed by atoms with Gasteiger partial charge in [0, 0.05) is 6.08 Å². The van der Waals surface area contributed by atoms with Crippen molar-refractivity contribution in [2.24, 2.45) is 0 Å². The Kier molecular flexibility index (Phi) is 5.53. The molecule has 1 rings (SSSR count). The zero-order valence-corrected chi connectivity index (χ0v) is 11.1. The molecule has 0 spiro atoms. The van der Waals surface area contributed by atoms with Crippen molar-refractivity contribution in [1.29, 1.82) is 0 Å². The second-order valence-electron chi connectivity index (χ2n) is 3.58. The van der Waals surface area contributed by atoms with E-state index in [-0.39, 0.29) is 5.75 Å². The number of esters is 1. The molecule has 0 saturated carbocycles. The predicted octanol–water partition coefficient (Wildman–Crippen LogP) is 1.83. The lowest BCUT2D eigenvalue weighted by Gasteiger charge is -2.01. The Bertz CT molecular complexity index is 544. The van der Waals surface area contributed by atoms with Crippen LogP contribution in [0.3, 0.4) is 0 Å². The molecule has 0 aliphatic rings. The van der Waals surface area contributed by atoms with Crippen molar-refractivity contribution in [2.45, 2.75) is 13.3 Å². The van der Waals surface area contributed by atoms with Crippen molar-refractivity contribution < 1.29 is 26.7 Å². The molecule has 1 aromatic rings. The number of carbonyl (C=O) groups excluding carboxylic acids is 1. The smallest absolute Gasteiger partial charge is 0.446 e. The van der Waals surface area contributed by atoms with E-state index in [1.54, 1.807) is 0 Å². The van der Waals surface area contributed by atoms with Crippen LogP contribution < -0.4 is 4.18 Å². The van der Waals surface area contributed by atoms with Crippen LogP contribution in [0.4, 0.5) is 0 Å². The molecule has 0 aromatic heterocycles. The molecule has 6 nitrogen and oxygen atoms in total. The Labute approximate surface area is 111 Å². The zero-order valence-electron chi connectivity index (χ0n) is 10.3. The molecule has 1 aromatic carbocycles. The summed E-state index contributed by atoms with van der Waals surface area (Å²) in [5.74, 6) is -0.465. The summed E-state index contributed by atoms with van der Waals surface area (Å²) in [6.07, 6.45) is 3.55. The molecule has 0 heterocycles. The summed E-state index contributed by atoms with van der Waals surface area (Å²) in [5.41, 5.74) is 0.663. The molecule has 0 saturated heterocycles. The van der Waals surface area contributed by atoms with E-state index < -0.39 is 16.4 Å². The first-order valence-electron chi connectivity index (χ1n) is 5.52. The Balaban J connectivity index is 2.62. The third-order valence-electron chi connectivity index (χ3n) is 1.94. The number of ether oxygens (including phenoxy) is 1. The monoisotopic (exact) mass is 286 g/mol. The van der Waals surface area contributed by atoms with Gasteiger partial charge in [0.05, 0.1) is 6.61 Å². The summed E-state index contributed by atoms with van der Waals surface area (Å²) in [6, 6.07) is 5.77. The van der Waals surface area contributed by atoms with Gasteiger partial charge < -0.3 is 8.92 Å². The molecular weight excluding hydrogens is 272 g/mol. The summed E-state index contributed by atoms with van der Waals surface area (Å²) < 4.78 is 38.5. The Morgan fingerprint density at radius 3 is 2.47 bits per heavy atom. The number of hydrogen-bond acceptors (Lipinski definition) is 5. The van der Waals surface area contributed by atoms with Gasteiger partial charge in [0.15, 0.2) is 0 Å². The number of carbonyl (C=O) groups is 1. The standard InChI is InChI=1S/C12H14O6S/c1-2-9-17-12(13)8-5-10-3-6-11(7-4-10)18-19(14,15)16/h3-8H,2,9H2,1H3,(H,14,15,16). The molecule has 104 valence electrons. The fraction of sp³-hybridized carbons (Fsp3) is 0.250. The van der Waals surface area contributed by atoms with Crippen LogP contribution in [0.5, 0.6) is 5.75 Å². The van der Waals surface area contributed by atoms with E-state index in [1.807, 2.05) is 6.92 Å². The third kappa shape index (κ3) is 6.58. The van der Waals surface area contributed by atoms with Crippen LogP contribution >= 0.6 is 0 Å². The van der Waals surface area contributed by atoms with Crippen LogP contribution in [0.15, 0.2) is 30.3 Å². The Morgan fingerprint density at radius 2 is 1.95 bits per heavy atom. The minimum absolute atomic E-state index is 0.0202. The average molecular weight is 286 g/mol. The third-order valence-corrected chi connectivity index (χ3v) is 2.35. The topological polar surface area (TPSA) is 89.9 Å². The maximum atomic E-state index is 11.2. The number of rotatable bonds is 6. The molecule has 0 radical (unpaired) electrons. The molecule has 0 atom stereocenters. The van der Waals surface area contributed by atoms with E-state index in [9.17, 15) is 13.2 Å². The van der Waals surface area contributed by atoms with Crippen LogP contribution in [0.1, 0.15) is 18.9 Å². The van der Waals surface area contributed by atoms with Crippen molar-refractivity contribution >= 4 is 22.4 Å². The van der Waals surface area contributed by atoms with Gasteiger partial charge in [-0.3, -0.25) is 4.55 Å². The highest BCUT2D eigenvalue weighted by molar-refractivity contribution is 7.81. The normalized spacial score (nSPS) is 11.5. The first-order valence-corrected chi connectivity index (χ1v) is 6.89. The molecule has 0 fully saturated rings. The SMILES string of the molecule is CCCOC(=O)C=Cc1ccc(OS(=O)(=O)O)cc1. The van der Waals surface area contributed by atoms with Gasteiger partial charge >= 0.3 is 16.4 Å². The highest BCUT2D eigenvalue weighted by Crippen LogP contribution is 2.14. The first-order chi connectivity index (χ1) is 8.90. The molecule has 0 aliphatic carbocycles. The van der Waals surface area contributed by atoms with Crippen LogP contribution in [0.2, 0.25) is 0 Å².